The van der Waals surface area contributed by atoms with Crippen molar-refractivity contribution in [1.82, 2.24) is 20.0 Å². The molecule has 3 aromatic rings. The molecule has 1 aliphatic heterocycles. The third kappa shape index (κ3) is 4.19. The van der Waals surface area contributed by atoms with Crippen LogP contribution in [0.1, 0.15) is 53.8 Å². The smallest absolute Gasteiger partial charge is 0.270 e. The van der Waals surface area contributed by atoms with Crippen molar-refractivity contribution in [3.8, 4) is 0 Å². The normalized spacial score (nSPS) is 19.7. The highest BCUT2D eigenvalue weighted by Crippen LogP contribution is 2.29. The average molecular weight is 394 g/mol. The number of rotatable bonds is 7. The first-order valence-corrected chi connectivity index (χ1v) is 10.5. The number of H-pyrrole nitrogens is 1. The van der Waals surface area contributed by atoms with Crippen LogP contribution in [0.5, 0.6) is 0 Å². The summed E-state index contributed by atoms with van der Waals surface area (Å²) in [6.07, 6.45) is 5.14. The number of para-hydroxylation sites is 1. The van der Waals surface area contributed by atoms with Crippen molar-refractivity contribution in [2.75, 3.05) is 26.3 Å². The molecule has 152 valence electrons. The number of aromatic nitrogens is 3. The fourth-order valence-electron chi connectivity index (χ4n) is 3.95. The summed E-state index contributed by atoms with van der Waals surface area (Å²) < 4.78 is 11.2. The zero-order chi connectivity index (χ0) is 19.6. The van der Waals surface area contributed by atoms with Gasteiger partial charge in [0.2, 0.25) is 5.89 Å². The molecule has 29 heavy (non-hydrogen) atoms. The lowest BCUT2D eigenvalue weighted by atomic mass is 9.97. The van der Waals surface area contributed by atoms with Gasteiger partial charge in [-0.05, 0) is 43.7 Å². The van der Waals surface area contributed by atoms with Crippen LogP contribution in [-0.4, -0.2) is 52.2 Å². The minimum absolute atomic E-state index is 0.0270. The van der Waals surface area contributed by atoms with E-state index in [2.05, 4.69) is 15.1 Å². The number of likely N-dealkylation sites (tertiary alicyclic amines) is 1. The number of benzene rings is 1. The van der Waals surface area contributed by atoms with Crippen molar-refractivity contribution in [2.24, 2.45) is 5.92 Å². The van der Waals surface area contributed by atoms with Crippen LogP contribution >= 0.6 is 0 Å². The van der Waals surface area contributed by atoms with E-state index in [1.807, 2.05) is 35.2 Å². The van der Waals surface area contributed by atoms with Gasteiger partial charge in [0, 0.05) is 37.0 Å². The fourth-order valence-corrected chi connectivity index (χ4v) is 3.95. The second kappa shape index (κ2) is 7.99. The number of amides is 1. The zero-order valence-electron chi connectivity index (χ0n) is 16.5. The highest BCUT2D eigenvalue weighted by molar-refractivity contribution is 5.98. The van der Waals surface area contributed by atoms with Crippen LogP contribution in [0.3, 0.4) is 0 Å². The van der Waals surface area contributed by atoms with Crippen LogP contribution in [0.4, 0.5) is 0 Å². The van der Waals surface area contributed by atoms with Gasteiger partial charge in [0.15, 0.2) is 5.82 Å². The third-order valence-corrected chi connectivity index (χ3v) is 5.82. The lowest BCUT2D eigenvalue weighted by molar-refractivity contribution is 0.0690. The molecule has 1 saturated carbocycles. The molecule has 1 unspecified atom stereocenters. The first-order chi connectivity index (χ1) is 14.3. The van der Waals surface area contributed by atoms with Gasteiger partial charge in [-0.1, -0.05) is 23.4 Å². The van der Waals surface area contributed by atoms with Gasteiger partial charge in [0.1, 0.15) is 5.69 Å². The quantitative estimate of drug-likeness (QED) is 0.620. The van der Waals surface area contributed by atoms with Crippen molar-refractivity contribution < 1.29 is 14.1 Å². The van der Waals surface area contributed by atoms with Crippen LogP contribution in [0.15, 0.2) is 34.9 Å². The molecule has 1 atom stereocenters. The zero-order valence-corrected chi connectivity index (χ0v) is 16.5. The van der Waals surface area contributed by atoms with E-state index < -0.39 is 0 Å². The number of aromatic amines is 1. The Bertz CT molecular complexity index is 958. The molecule has 0 bridgehead atoms. The molecular weight excluding hydrogens is 368 g/mol. The summed E-state index contributed by atoms with van der Waals surface area (Å²) in [5.41, 5.74) is 1.61. The Morgan fingerprint density at radius 3 is 3.03 bits per heavy atom. The van der Waals surface area contributed by atoms with Crippen molar-refractivity contribution >= 4 is 16.8 Å². The second-order valence-corrected chi connectivity index (χ2v) is 8.18. The Morgan fingerprint density at radius 1 is 1.28 bits per heavy atom. The number of nitrogens with zero attached hydrogens (tertiary/aromatic N) is 3. The van der Waals surface area contributed by atoms with Gasteiger partial charge in [0.25, 0.3) is 5.91 Å². The lowest BCUT2D eigenvalue weighted by Crippen LogP contribution is -2.39. The van der Waals surface area contributed by atoms with Crippen molar-refractivity contribution in [3.05, 3.63) is 47.7 Å². The summed E-state index contributed by atoms with van der Waals surface area (Å²) >= 11 is 0. The lowest BCUT2D eigenvalue weighted by Gasteiger charge is -2.30. The second-order valence-electron chi connectivity index (χ2n) is 8.18. The summed E-state index contributed by atoms with van der Waals surface area (Å²) in [6, 6.07) is 9.86. The molecule has 2 aromatic heterocycles. The Labute approximate surface area is 169 Å². The number of fused-ring (bicyclic) bond motifs is 1. The average Bonchev–Trinajstić information content (AvgIpc) is 3.28. The minimum atomic E-state index is 0.0270. The maximum absolute atomic E-state index is 13.0. The van der Waals surface area contributed by atoms with E-state index in [1.54, 1.807) is 0 Å². The van der Waals surface area contributed by atoms with Gasteiger partial charge < -0.3 is 19.1 Å². The van der Waals surface area contributed by atoms with Crippen LogP contribution in [0.25, 0.3) is 10.9 Å². The number of hydrogen-bond acceptors (Lipinski definition) is 5. The standard InChI is InChI=1S/C22H26N4O3/c27-22(19-12-16-4-1-2-6-18(16)23-19)26-10-3-5-17(13-26)21-24-20(25-29-21)9-11-28-14-15-7-8-15/h1-2,4,6,12,15,17,23H,3,5,7-11,13-14H2. The summed E-state index contributed by atoms with van der Waals surface area (Å²) in [4.78, 5) is 22.7. The maximum Gasteiger partial charge on any atom is 0.270 e. The van der Waals surface area contributed by atoms with E-state index in [0.717, 1.165) is 42.8 Å². The molecule has 1 aliphatic carbocycles. The van der Waals surface area contributed by atoms with Gasteiger partial charge in [0.05, 0.1) is 12.5 Å². The summed E-state index contributed by atoms with van der Waals surface area (Å²) in [5.74, 6) is 2.20. The molecule has 5 rings (SSSR count). The third-order valence-electron chi connectivity index (χ3n) is 5.82. The van der Waals surface area contributed by atoms with Crippen LogP contribution in [0.2, 0.25) is 0 Å². The molecule has 7 nitrogen and oxygen atoms in total. The largest absolute Gasteiger partial charge is 0.381 e. The topological polar surface area (TPSA) is 84.2 Å². The van der Waals surface area contributed by atoms with E-state index in [-0.39, 0.29) is 11.8 Å². The monoisotopic (exact) mass is 394 g/mol. The molecule has 1 N–H and O–H groups in total. The van der Waals surface area contributed by atoms with Gasteiger partial charge in [-0.15, -0.1) is 0 Å². The molecule has 1 amide bonds. The highest BCUT2D eigenvalue weighted by atomic mass is 16.5. The minimum Gasteiger partial charge on any atom is -0.381 e. The molecule has 0 radical (unpaired) electrons. The molecule has 3 heterocycles. The van der Waals surface area contributed by atoms with Crippen LogP contribution in [0, 0.1) is 5.92 Å². The van der Waals surface area contributed by atoms with Gasteiger partial charge in [-0.25, -0.2) is 0 Å². The number of hydrogen-bond donors (Lipinski definition) is 1. The maximum atomic E-state index is 13.0. The summed E-state index contributed by atoms with van der Waals surface area (Å²) in [5, 5.41) is 5.16. The Hall–Kier alpha value is -2.67. The number of ether oxygens (including phenoxy) is 1. The van der Waals surface area contributed by atoms with E-state index in [4.69, 9.17) is 9.26 Å². The molecule has 0 spiro atoms. The van der Waals surface area contributed by atoms with E-state index in [9.17, 15) is 4.79 Å². The molecule has 2 aliphatic rings. The number of nitrogens with one attached hydrogen (secondary N) is 1. The fraction of sp³-hybridized carbons (Fsp3) is 0.500. The first-order valence-electron chi connectivity index (χ1n) is 10.5. The number of carbonyl (C=O) groups is 1. The Balaban J connectivity index is 1.20. The van der Waals surface area contributed by atoms with Gasteiger partial charge in [-0.2, -0.15) is 4.98 Å². The van der Waals surface area contributed by atoms with Gasteiger partial charge >= 0.3 is 0 Å². The van der Waals surface area contributed by atoms with Crippen molar-refractivity contribution in [1.29, 1.82) is 0 Å². The molecular formula is C22H26N4O3. The summed E-state index contributed by atoms with van der Waals surface area (Å²) in [6.45, 7) is 2.83. The van der Waals surface area contributed by atoms with E-state index >= 15 is 0 Å². The van der Waals surface area contributed by atoms with Crippen LogP contribution < -0.4 is 0 Å². The molecule has 1 aromatic carbocycles. The Morgan fingerprint density at radius 2 is 2.17 bits per heavy atom. The molecule has 1 saturated heterocycles. The highest BCUT2D eigenvalue weighted by Gasteiger charge is 2.29. The van der Waals surface area contributed by atoms with Gasteiger partial charge in [-0.3, -0.25) is 4.79 Å². The Kier molecular flexibility index (Phi) is 5.06. The van der Waals surface area contributed by atoms with E-state index in [0.29, 0.717) is 37.0 Å². The predicted octanol–water partition coefficient (Wildman–Crippen LogP) is 3.54. The summed E-state index contributed by atoms with van der Waals surface area (Å²) in [7, 11) is 0. The van der Waals surface area contributed by atoms with Crippen molar-refractivity contribution in [3.63, 3.8) is 0 Å². The predicted molar refractivity (Wildman–Crippen MR) is 108 cm³/mol. The van der Waals surface area contributed by atoms with E-state index in [1.165, 1.54) is 12.8 Å². The van der Waals surface area contributed by atoms with Crippen molar-refractivity contribution in [2.45, 2.75) is 38.0 Å². The van der Waals surface area contributed by atoms with Crippen LogP contribution in [-0.2, 0) is 11.2 Å². The SMILES string of the molecule is O=C(c1cc2ccccc2[nH]1)N1CCCC(c2nc(CCOCC3CC3)no2)C1. The number of piperidine rings is 1. The molecule has 2 fully saturated rings. The first kappa shape index (κ1) is 18.4. The number of carbonyl (C=O) groups excluding carboxylic acids is 1. The molecule has 7 heteroatoms.